The molecule has 7 heteroatoms. The third-order valence-electron chi connectivity index (χ3n) is 3.37. The second-order valence-electron chi connectivity index (χ2n) is 5.42. The maximum absolute atomic E-state index is 12.1. The number of nitrogens with one attached hydrogen (secondary N) is 2. The molecule has 1 heterocycles. The maximum Gasteiger partial charge on any atom is 0.251 e. The van der Waals surface area contributed by atoms with Crippen molar-refractivity contribution in [1.29, 1.82) is 0 Å². The highest BCUT2D eigenvalue weighted by Gasteiger charge is 2.11. The quantitative estimate of drug-likeness (QED) is 0.583. The van der Waals surface area contributed by atoms with E-state index < -0.39 is 0 Å². The van der Waals surface area contributed by atoms with Gasteiger partial charge < -0.3 is 10.3 Å². The summed E-state index contributed by atoms with van der Waals surface area (Å²) in [6.07, 6.45) is 1.66. The highest BCUT2D eigenvalue weighted by atomic mass is 35.5. The summed E-state index contributed by atoms with van der Waals surface area (Å²) in [5.41, 5.74) is 1.54. The van der Waals surface area contributed by atoms with E-state index in [9.17, 15) is 9.59 Å². The van der Waals surface area contributed by atoms with Crippen LogP contribution >= 0.6 is 23.4 Å². The number of aromatic amines is 1. The van der Waals surface area contributed by atoms with Crippen molar-refractivity contribution < 1.29 is 4.79 Å². The number of hydrogen-bond donors (Lipinski definition) is 2. The van der Waals surface area contributed by atoms with Gasteiger partial charge in [0.15, 0.2) is 5.16 Å². The van der Waals surface area contributed by atoms with Gasteiger partial charge in [0, 0.05) is 16.8 Å². The summed E-state index contributed by atoms with van der Waals surface area (Å²) in [7, 11) is 0. The monoisotopic (exact) mass is 365 g/mol. The highest BCUT2D eigenvalue weighted by Crippen LogP contribution is 2.17. The first-order valence-corrected chi connectivity index (χ1v) is 9.12. The van der Waals surface area contributed by atoms with E-state index in [0.717, 1.165) is 24.1 Å². The van der Waals surface area contributed by atoms with Crippen LogP contribution in [-0.4, -0.2) is 21.6 Å². The van der Waals surface area contributed by atoms with E-state index >= 15 is 0 Å². The Labute approximate surface area is 150 Å². The molecule has 0 saturated carbocycles. The minimum Gasteiger partial charge on any atom is -0.349 e. The number of halogens is 1. The van der Waals surface area contributed by atoms with Gasteiger partial charge in [0.25, 0.3) is 5.56 Å². The van der Waals surface area contributed by atoms with Gasteiger partial charge >= 0.3 is 0 Å². The van der Waals surface area contributed by atoms with Crippen molar-refractivity contribution in [3.8, 4) is 0 Å². The summed E-state index contributed by atoms with van der Waals surface area (Å²) in [4.78, 5) is 30.7. The first-order chi connectivity index (χ1) is 11.5. The molecule has 0 saturated heterocycles. The Bertz CT molecular complexity index is 746. The second kappa shape index (κ2) is 8.89. The lowest BCUT2D eigenvalue weighted by Crippen LogP contribution is -2.28. The van der Waals surface area contributed by atoms with Gasteiger partial charge in [-0.25, -0.2) is 4.98 Å². The molecule has 24 heavy (non-hydrogen) atoms. The fraction of sp³-hybridized carbons (Fsp3) is 0.353. The number of benzene rings is 1. The number of amides is 1. The molecule has 1 aromatic carbocycles. The van der Waals surface area contributed by atoms with E-state index in [1.54, 1.807) is 12.1 Å². The van der Waals surface area contributed by atoms with Crippen LogP contribution < -0.4 is 10.9 Å². The Morgan fingerprint density at radius 2 is 2.08 bits per heavy atom. The second-order valence-corrected chi connectivity index (χ2v) is 6.82. The Hall–Kier alpha value is -1.79. The number of aryl methyl sites for hydroxylation is 1. The summed E-state index contributed by atoms with van der Waals surface area (Å²) in [5.74, 6) is 0.0715. The SMILES string of the molecule is CCCc1cc(=O)[nH]c(SCC(=O)NC(C)c2ccc(Cl)cc2)n1. The molecule has 0 bridgehead atoms. The van der Waals surface area contributed by atoms with Gasteiger partial charge in [-0.1, -0.05) is 48.8 Å². The molecule has 0 radical (unpaired) electrons. The van der Waals surface area contributed by atoms with E-state index in [1.807, 2.05) is 26.0 Å². The van der Waals surface area contributed by atoms with Crippen LogP contribution in [0.3, 0.4) is 0 Å². The topological polar surface area (TPSA) is 74.8 Å². The van der Waals surface area contributed by atoms with Gasteiger partial charge in [-0.3, -0.25) is 9.59 Å². The number of nitrogens with zero attached hydrogens (tertiary/aromatic N) is 1. The number of H-pyrrole nitrogens is 1. The Morgan fingerprint density at radius 3 is 2.75 bits per heavy atom. The Balaban J connectivity index is 1.91. The molecule has 2 aromatic rings. The van der Waals surface area contributed by atoms with E-state index in [2.05, 4.69) is 15.3 Å². The van der Waals surface area contributed by atoms with Crippen LogP contribution in [0.25, 0.3) is 0 Å². The highest BCUT2D eigenvalue weighted by molar-refractivity contribution is 7.99. The van der Waals surface area contributed by atoms with E-state index in [4.69, 9.17) is 11.6 Å². The zero-order valence-corrected chi connectivity index (χ0v) is 15.2. The van der Waals surface area contributed by atoms with Crippen molar-refractivity contribution in [3.05, 3.63) is 57.0 Å². The van der Waals surface area contributed by atoms with Crippen molar-refractivity contribution in [2.24, 2.45) is 0 Å². The van der Waals surface area contributed by atoms with Gasteiger partial charge in [0.05, 0.1) is 11.8 Å². The molecular formula is C17H20ClN3O2S. The van der Waals surface area contributed by atoms with Crippen LogP contribution in [0.5, 0.6) is 0 Å². The van der Waals surface area contributed by atoms with Crippen molar-refractivity contribution in [1.82, 2.24) is 15.3 Å². The molecule has 0 aliphatic carbocycles. The molecule has 0 fully saturated rings. The van der Waals surface area contributed by atoms with Crippen LogP contribution in [0.2, 0.25) is 5.02 Å². The first kappa shape index (κ1) is 18.5. The van der Waals surface area contributed by atoms with E-state index in [1.165, 1.54) is 17.8 Å². The van der Waals surface area contributed by atoms with E-state index in [-0.39, 0.29) is 23.3 Å². The van der Waals surface area contributed by atoms with Gasteiger partial charge in [0.1, 0.15) is 0 Å². The zero-order valence-electron chi connectivity index (χ0n) is 13.6. The summed E-state index contributed by atoms with van der Waals surface area (Å²) in [5, 5.41) is 4.05. The lowest BCUT2D eigenvalue weighted by Gasteiger charge is -2.14. The molecule has 0 aliphatic heterocycles. The maximum atomic E-state index is 12.1. The summed E-state index contributed by atoms with van der Waals surface area (Å²) < 4.78 is 0. The molecule has 5 nitrogen and oxygen atoms in total. The smallest absolute Gasteiger partial charge is 0.251 e. The van der Waals surface area contributed by atoms with E-state index in [0.29, 0.717) is 10.2 Å². The van der Waals surface area contributed by atoms with Crippen LogP contribution in [-0.2, 0) is 11.2 Å². The third kappa shape index (κ3) is 5.69. The average molecular weight is 366 g/mol. The summed E-state index contributed by atoms with van der Waals surface area (Å²) >= 11 is 7.08. The Morgan fingerprint density at radius 1 is 1.38 bits per heavy atom. The largest absolute Gasteiger partial charge is 0.349 e. The lowest BCUT2D eigenvalue weighted by atomic mass is 10.1. The predicted octanol–water partition coefficient (Wildman–Crippen LogP) is 3.35. The van der Waals surface area contributed by atoms with Crippen molar-refractivity contribution in [2.75, 3.05) is 5.75 Å². The Kier molecular flexibility index (Phi) is 6.87. The van der Waals surface area contributed by atoms with Crippen molar-refractivity contribution in [3.63, 3.8) is 0 Å². The fourth-order valence-corrected chi connectivity index (χ4v) is 3.02. The lowest BCUT2D eigenvalue weighted by molar-refractivity contribution is -0.119. The van der Waals surface area contributed by atoms with Crippen molar-refractivity contribution >= 4 is 29.3 Å². The predicted molar refractivity (Wildman–Crippen MR) is 97.6 cm³/mol. The number of carbonyl (C=O) groups is 1. The molecule has 1 aromatic heterocycles. The molecule has 2 rings (SSSR count). The van der Waals surface area contributed by atoms with Crippen LogP contribution in [0.15, 0.2) is 40.3 Å². The molecule has 2 N–H and O–H groups in total. The summed E-state index contributed by atoms with van der Waals surface area (Å²) in [6, 6.07) is 8.73. The van der Waals surface area contributed by atoms with Crippen LogP contribution in [0, 0.1) is 0 Å². The average Bonchev–Trinajstić information content (AvgIpc) is 2.53. The normalized spacial score (nSPS) is 12.0. The number of carbonyl (C=O) groups excluding carboxylic acids is 1. The number of rotatable bonds is 7. The van der Waals surface area contributed by atoms with Gasteiger partial charge in [0.2, 0.25) is 5.91 Å². The first-order valence-electron chi connectivity index (χ1n) is 7.75. The molecule has 1 unspecified atom stereocenters. The standard InChI is InChI=1S/C17H20ClN3O2S/c1-3-4-14-9-15(22)21-17(20-14)24-10-16(23)19-11(2)12-5-7-13(18)8-6-12/h5-9,11H,3-4,10H2,1-2H3,(H,19,23)(H,20,21,22). The fourth-order valence-electron chi connectivity index (χ4n) is 2.19. The van der Waals surface area contributed by atoms with Gasteiger partial charge in [-0.05, 0) is 31.0 Å². The zero-order chi connectivity index (χ0) is 17.5. The number of aromatic nitrogens is 2. The molecule has 0 spiro atoms. The van der Waals surface area contributed by atoms with Crippen molar-refractivity contribution in [2.45, 2.75) is 37.9 Å². The van der Waals surface area contributed by atoms with Gasteiger partial charge in [-0.2, -0.15) is 0 Å². The minimum atomic E-state index is -0.189. The molecule has 128 valence electrons. The molecular weight excluding hydrogens is 346 g/mol. The van der Waals surface area contributed by atoms with Gasteiger partial charge in [-0.15, -0.1) is 0 Å². The van der Waals surface area contributed by atoms with Crippen LogP contribution in [0.1, 0.15) is 37.6 Å². The minimum absolute atomic E-state index is 0.117. The third-order valence-corrected chi connectivity index (χ3v) is 4.49. The van der Waals surface area contributed by atoms with Crippen LogP contribution in [0.4, 0.5) is 0 Å². The number of hydrogen-bond acceptors (Lipinski definition) is 4. The number of thioether (sulfide) groups is 1. The molecule has 1 amide bonds. The summed E-state index contributed by atoms with van der Waals surface area (Å²) in [6.45, 7) is 3.94. The molecule has 0 aliphatic rings. The molecule has 1 atom stereocenters.